The predicted molar refractivity (Wildman–Crippen MR) is 120 cm³/mol. The fourth-order valence-corrected chi connectivity index (χ4v) is 4.84. The maximum Gasteiger partial charge on any atom is 0.232 e. The van der Waals surface area contributed by atoms with E-state index in [1.807, 2.05) is 13.1 Å². The number of ether oxygens (including phenoxy) is 1. The van der Waals surface area contributed by atoms with Gasteiger partial charge in [0.2, 0.25) is 11.8 Å². The van der Waals surface area contributed by atoms with Gasteiger partial charge in [-0.05, 0) is 19.8 Å². The van der Waals surface area contributed by atoms with Crippen molar-refractivity contribution in [1.29, 1.82) is 0 Å². The van der Waals surface area contributed by atoms with Crippen molar-refractivity contribution in [3.63, 3.8) is 0 Å². The monoisotopic (exact) mass is 450 g/mol. The van der Waals surface area contributed by atoms with E-state index in [2.05, 4.69) is 30.4 Å². The smallest absolute Gasteiger partial charge is 0.232 e. The van der Waals surface area contributed by atoms with Gasteiger partial charge < -0.3 is 14.1 Å². The Balaban J connectivity index is 1.27. The minimum absolute atomic E-state index is 0.454. The number of aryl methyl sites for hydroxylation is 1. The second kappa shape index (κ2) is 7.59. The summed E-state index contributed by atoms with van der Waals surface area (Å²) in [6.45, 7) is 3.50. The molecule has 1 aliphatic heterocycles. The third-order valence-electron chi connectivity index (χ3n) is 5.73. The lowest BCUT2D eigenvalue weighted by Gasteiger charge is -2.21. The largest absolute Gasteiger partial charge is 0.481 e. The molecule has 10 nitrogen and oxygen atoms in total. The van der Waals surface area contributed by atoms with E-state index in [1.54, 1.807) is 30.7 Å². The molecule has 0 spiro atoms. The van der Waals surface area contributed by atoms with Crippen LogP contribution in [0, 0.1) is 6.92 Å². The highest BCUT2D eigenvalue weighted by atomic mass is 32.1. The van der Waals surface area contributed by atoms with Crippen molar-refractivity contribution in [2.24, 2.45) is 0 Å². The Morgan fingerprint density at radius 1 is 1.31 bits per heavy atom. The fraction of sp³-hybridized carbons (Fsp3) is 0.381. The predicted octanol–water partition coefficient (Wildman–Crippen LogP) is 3.81. The minimum Gasteiger partial charge on any atom is -0.481 e. The molecule has 1 aliphatic carbocycles. The molecule has 0 atom stereocenters. The molecular formula is C21H22N8O2S. The number of anilines is 3. The van der Waals surface area contributed by atoms with Gasteiger partial charge in [-0.15, -0.1) is 11.3 Å². The molecule has 2 aliphatic rings. The Bertz CT molecular complexity index is 1270. The van der Waals surface area contributed by atoms with Crippen LogP contribution in [0.4, 0.5) is 16.9 Å². The number of aromatic amines is 1. The summed E-state index contributed by atoms with van der Waals surface area (Å²) in [5.74, 6) is 4.19. The second-order valence-corrected chi connectivity index (χ2v) is 9.06. The molecule has 1 fully saturated rings. The number of hydrogen-bond donors (Lipinski definition) is 2. The maximum atomic E-state index is 5.91. The minimum atomic E-state index is 0.454. The van der Waals surface area contributed by atoms with Gasteiger partial charge in [-0.25, -0.2) is 15.0 Å². The number of nitrogens with one attached hydrogen (secondary N) is 2. The molecule has 0 radical (unpaired) electrons. The van der Waals surface area contributed by atoms with Gasteiger partial charge in [0.25, 0.3) is 0 Å². The zero-order valence-corrected chi connectivity index (χ0v) is 18.6. The van der Waals surface area contributed by atoms with Crippen molar-refractivity contribution >= 4 is 28.2 Å². The average Bonchev–Trinajstić information content (AvgIpc) is 3.27. The Labute approximate surface area is 188 Å². The third kappa shape index (κ3) is 3.48. The number of thiazole rings is 1. The van der Waals surface area contributed by atoms with Crippen LogP contribution < -0.4 is 15.0 Å². The molecule has 4 aromatic rings. The van der Waals surface area contributed by atoms with Crippen molar-refractivity contribution in [3.8, 4) is 17.1 Å². The Kier molecular flexibility index (Phi) is 4.56. The van der Waals surface area contributed by atoms with Crippen LogP contribution in [-0.4, -0.2) is 43.8 Å². The van der Waals surface area contributed by atoms with E-state index in [9.17, 15) is 0 Å². The van der Waals surface area contributed by atoms with Gasteiger partial charge >= 0.3 is 0 Å². The van der Waals surface area contributed by atoms with Gasteiger partial charge in [-0.3, -0.25) is 10.4 Å². The highest BCUT2D eigenvalue weighted by Gasteiger charge is 2.31. The van der Waals surface area contributed by atoms with Crippen LogP contribution >= 0.6 is 11.3 Å². The highest BCUT2D eigenvalue weighted by Crippen LogP contribution is 2.41. The zero-order chi connectivity index (χ0) is 21.7. The summed E-state index contributed by atoms with van der Waals surface area (Å²) in [5.41, 5.74) is 2.90. The summed E-state index contributed by atoms with van der Waals surface area (Å²) >= 11 is 1.61. The van der Waals surface area contributed by atoms with Crippen LogP contribution in [0.25, 0.3) is 11.3 Å². The first kappa shape index (κ1) is 19.2. The van der Waals surface area contributed by atoms with E-state index in [0.29, 0.717) is 24.3 Å². The standard InChI is InChI=1S/C21H22N8O2S/c1-11-14(24-19(31-11)12-3-4-12)10-29-8-6-15-17(13-9-23-28-18(13)29)26-21(32-15)27-20-22-7-5-16(25-20)30-2/h5,7,9,12H,3-4,6,8,10H2,1-2H3,(H,23,28)(H,22,25,26,27). The topological polar surface area (TPSA) is 118 Å². The number of rotatable bonds is 6. The van der Waals surface area contributed by atoms with Gasteiger partial charge in [-0.2, -0.15) is 10.1 Å². The van der Waals surface area contributed by atoms with E-state index in [-0.39, 0.29) is 0 Å². The molecule has 2 N–H and O–H groups in total. The fourth-order valence-electron chi connectivity index (χ4n) is 3.88. The summed E-state index contributed by atoms with van der Waals surface area (Å²) in [6.07, 6.45) is 6.71. The first-order valence-electron chi connectivity index (χ1n) is 10.6. The van der Waals surface area contributed by atoms with Gasteiger partial charge in [-0.1, -0.05) is 0 Å². The zero-order valence-electron chi connectivity index (χ0n) is 17.8. The summed E-state index contributed by atoms with van der Waals surface area (Å²) in [6, 6.07) is 1.71. The van der Waals surface area contributed by atoms with Crippen molar-refractivity contribution in [2.45, 2.75) is 38.6 Å². The SMILES string of the molecule is COc1ccnc(Nc2nc3c(s2)CCN(Cc2nc(C4CC4)oc2C)c2[nH]ncc2-3)n1. The third-order valence-corrected chi connectivity index (χ3v) is 6.76. The van der Waals surface area contributed by atoms with Gasteiger partial charge in [0.15, 0.2) is 11.0 Å². The number of fused-ring (bicyclic) bond motifs is 3. The van der Waals surface area contributed by atoms with Crippen LogP contribution in [0.15, 0.2) is 22.9 Å². The van der Waals surface area contributed by atoms with Crippen molar-refractivity contribution in [2.75, 3.05) is 23.9 Å². The maximum absolute atomic E-state index is 5.91. The van der Waals surface area contributed by atoms with E-state index in [4.69, 9.17) is 19.1 Å². The summed E-state index contributed by atoms with van der Waals surface area (Å²) in [7, 11) is 1.58. The van der Waals surface area contributed by atoms with Gasteiger partial charge in [0.1, 0.15) is 17.3 Å². The van der Waals surface area contributed by atoms with Crippen LogP contribution in [0.3, 0.4) is 0 Å². The number of aromatic nitrogens is 6. The van der Waals surface area contributed by atoms with Crippen LogP contribution in [-0.2, 0) is 13.0 Å². The van der Waals surface area contributed by atoms with E-state index < -0.39 is 0 Å². The highest BCUT2D eigenvalue weighted by molar-refractivity contribution is 7.16. The molecule has 0 saturated heterocycles. The van der Waals surface area contributed by atoms with Crippen molar-refractivity contribution in [1.82, 2.24) is 30.1 Å². The van der Waals surface area contributed by atoms with Gasteiger partial charge in [0.05, 0.1) is 31.1 Å². The summed E-state index contributed by atoms with van der Waals surface area (Å²) in [5, 5.41) is 11.4. The van der Waals surface area contributed by atoms with Crippen LogP contribution in [0.1, 0.15) is 41.0 Å². The molecule has 11 heteroatoms. The summed E-state index contributed by atoms with van der Waals surface area (Å²) in [4.78, 5) is 21.6. The van der Waals surface area contributed by atoms with Gasteiger partial charge in [0, 0.05) is 36.0 Å². The molecule has 4 aromatic heterocycles. The average molecular weight is 451 g/mol. The molecule has 164 valence electrons. The van der Waals surface area contributed by atoms with E-state index in [0.717, 1.165) is 52.5 Å². The number of oxazole rings is 1. The van der Waals surface area contributed by atoms with Crippen molar-refractivity contribution < 1.29 is 9.15 Å². The number of methoxy groups -OCH3 is 1. The molecule has 0 unspecified atom stereocenters. The lowest BCUT2D eigenvalue weighted by atomic mass is 10.2. The first-order valence-corrected chi connectivity index (χ1v) is 11.4. The normalized spacial score (nSPS) is 15.2. The molecule has 0 aromatic carbocycles. The van der Waals surface area contributed by atoms with Crippen LogP contribution in [0.5, 0.6) is 5.88 Å². The summed E-state index contributed by atoms with van der Waals surface area (Å²) < 4.78 is 11.1. The van der Waals surface area contributed by atoms with E-state index >= 15 is 0 Å². The Hall–Kier alpha value is -3.47. The molecule has 6 rings (SSSR count). The lowest BCUT2D eigenvalue weighted by Crippen LogP contribution is -2.25. The molecule has 0 amide bonds. The molecule has 32 heavy (non-hydrogen) atoms. The number of hydrogen-bond acceptors (Lipinski definition) is 10. The Morgan fingerprint density at radius 2 is 2.22 bits per heavy atom. The lowest BCUT2D eigenvalue weighted by molar-refractivity contribution is 0.397. The molecular weight excluding hydrogens is 428 g/mol. The quantitative estimate of drug-likeness (QED) is 0.452. The molecule has 5 heterocycles. The first-order chi connectivity index (χ1) is 15.7. The van der Waals surface area contributed by atoms with Crippen molar-refractivity contribution in [3.05, 3.63) is 40.7 Å². The molecule has 0 bridgehead atoms. The molecule has 1 saturated carbocycles. The second-order valence-electron chi connectivity index (χ2n) is 7.97. The van der Waals surface area contributed by atoms with Crippen LogP contribution in [0.2, 0.25) is 0 Å². The number of H-pyrrole nitrogens is 1. The van der Waals surface area contributed by atoms with E-state index in [1.165, 1.54) is 17.7 Å². The number of nitrogens with zero attached hydrogens (tertiary/aromatic N) is 6. The Morgan fingerprint density at radius 3 is 3.06 bits per heavy atom.